The third-order valence-electron chi connectivity index (χ3n) is 7.55. The summed E-state index contributed by atoms with van der Waals surface area (Å²) in [6.45, 7) is 0. The zero-order valence-corrected chi connectivity index (χ0v) is 21.5. The van der Waals surface area contributed by atoms with Crippen LogP contribution < -0.4 is 0 Å². The van der Waals surface area contributed by atoms with E-state index in [1.165, 1.54) is 0 Å². The van der Waals surface area contributed by atoms with Gasteiger partial charge in [-0.15, -0.1) is 0 Å². The number of rotatable bonds is 2. The van der Waals surface area contributed by atoms with Gasteiger partial charge in [-0.25, -0.2) is 9.59 Å². The zero-order valence-electron chi connectivity index (χ0n) is 21.5. The van der Waals surface area contributed by atoms with E-state index in [9.17, 15) is 9.59 Å². The van der Waals surface area contributed by atoms with Crippen molar-refractivity contribution in [1.29, 1.82) is 0 Å². The fraction of sp³-hybridized carbons (Fsp3) is 0.0556. The van der Waals surface area contributed by atoms with Gasteiger partial charge < -0.3 is 9.47 Å². The van der Waals surface area contributed by atoms with Crippen molar-refractivity contribution in [3.05, 3.63) is 156 Å². The van der Waals surface area contributed by atoms with E-state index in [2.05, 4.69) is 0 Å². The Labute approximate surface area is 231 Å². The van der Waals surface area contributed by atoms with E-state index >= 15 is 0 Å². The molecule has 0 saturated heterocycles. The second-order valence-electron chi connectivity index (χ2n) is 9.89. The number of hydrogen-bond donors (Lipinski definition) is 0. The van der Waals surface area contributed by atoms with Gasteiger partial charge in [-0.2, -0.15) is 0 Å². The number of fused-ring (bicyclic) bond motifs is 7. The molecule has 1 aliphatic rings. The second-order valence-corrected chi connectivity index (χ2v) is 9.89. The van der Waals surface area contributed by atoms with Crippen LogP contribution in [0.15, 0.2) is 133 Å². The molecule has 6 aromatic carbocycles. The third-order valence-corrected chi connectivity index (χ3v) is 7.55. The molecule has 1 aliphatic heterocycles. The van der Waals surface area contributed by atoms with Crippen LogP contribution in [-0.4, -0.2) is 11.9 Å². The first-order valence-electron chi connectivity index (χ1n) is 13.2. The van der Waals surface area contributed by atoms with E-state index in [1.807, 2.05) is 121 Å². The summed E-state index contributed by atoms with van der Waals surface area (Å²) in [4.78, 5) is 28.4. The van der Waals surface area contributed by atoms with Gasteiger partial charge in [0.05, 0.1) is 11.1 Å². The van der Waals surface area contributed by atoms with E-state index < -0.39 is 24.1 Å². The Bertz CT molecular complexity index is 1750. The van der Waals surface area contributed by atoms with Gasteiger partial charge in [0.15, 0.2) is 12.2 Å². The SMILES string of the molecule is O=C1O[C@H](c2ccccc2)[C@@H](c2ccccc2)OC(=O)c2ccc3ccccc3c2-c2c1ccc1ccccc21. The summed E-state index contributed by atoms with van der Waals surface area (Å²) in [5.74, 6) is -0.959. The van der Waals surface area contributed by atoms with Gasteiger partial charge in [-0.1, -0.05) is 121 Å². The monoisotopic (exact) mass is 520 g/mol. The summed E-state index contributed by atoms with van der Waals surface area (Å²) < 4.78 is 12.6. The number of carbonyl (C=O) groups excluding carboxylic acids is 2. The Morgan fingerprint density at radius 1 is 0.400 bits per heavy atom. The average Bonchev–Trinajstić information content (AvgIpc) is 3.02. The van der Waals surface area contributed by atoms with E-state index in [-0.39, 0.29) is 0 Å². The molecule has 4 nitrogen and oxygen atoms in total. The summed E-state index contributed by atoms with van der Waals surface area (Å²) in [5, 5.41) is 3.64. The fourth-order valence-electron chi connectivity index (χ4n) is 5.67. The molecular formula is C36H24O4. The van der Waals surface area contributed by atoms with Crippen molar-refractivity contribution in [2.24, 2.45) is 0 Å². The minimum Gasteiger partial charge on any atom is -0.449 e. The highest BCUT2D eigenvalue weighted by atomic mass is 16.6. The van der Waals surface area contributed by atoms with Crippen molar-refractivity contribution < 1.29 is 19.1 Å². The number of hydrogen-bond acceptors (Lipinski definition) is 4. The lowest BCUT2D eigenvalue weighted by Crippen LogP contribution is -2.25. The molecule has 7 rings (SSSR count). The van der Waals surface area contributed by atoms with E-state index in [4.69, 9.17) is 9.47 Å². The maximum atomic E-state index is 14.2. The second kappa shape index (κ2) is 9.83. The van der Waals surface area contributed by atoms with E-state index in [0.717, 1.165) is 32.7 Å². The van der Waals surface area contributed by atoms with Crippen molar-refractivity contribution in [3.63, 3.8) is 0 Å². The van der Waals surface area contributed by atoms with Crippen LogP contribution >= 0.6 is 0 Å². The van der Waals surface area contributed by atoms with Gasteiger partial charge in [0.1, 0.15) is 0 Å². The molecule has 0 spiro atoms. The summed E-state index contributed by atoms with van der Waals surface area (Å²) >= 11 is 0. The van der Waals surface area contributed by atoms with Crippen LogP contribution in [0.3, 0.4) is 0 Å². The van der Waals surface area contributed by atoms with Crippen LogP contribution in [0.25, 0.3) is 32.7 Å². The molecule has 1 heterocycles. The van der Waals surface area contributed by atoms with E-state index in [1.54, 1.807) is 12.1 Å². The zero-order chi connectivity index (χ0) is 27.1. The fourth-order valence-corrected chi connectivity index (χ4v) is 5.67. The Morgan fingerprint density at radius 2 is 0.775 bits per heavy atom. The van der Waals surface area contributed by atoms with Crippen LogP contribution in [0.5, 0.6) is 0 Å². The number of ether oxygens (including phenoxy) is 2. The van der Waals surface area contributed by atoms with Gasteiger partial charge in [0.25, 0.3) is 0 Å². The Hall–Kier alpha value is -5.22. The van der Waals surface area contributed by atoms with Crippen LogP contribution in [0, 0.1) is 0 Å². The standard InChI is InChI=1S/C36H24O4/c37-35-29-21-19-23-11-7-9-17-27(23)31(29)32-28-18-10-8-12-24(28)20-22-30(32)36(38)40-34(26-15-5-2-6-16-26)33(39-35)25-13-3-1-4-14-25/h1-22,33-34H/t33-,34-/m1/s1. The van der Waals surface area contributed by atoms with Crippen LogP contribution in [0.2, 0.25) is 0 Å². The summed E-state index contributed by atoms with van der Waals surface area (Å²) in [7, 11) is 0. The van der Waals surface area contributed by atoms with Gasteiger partial charge >= 0.3 is 11.9 Å². The molecule has 4 heteroatoms. The molecule has 0 N–H and O–H groups in total. The van der Waals surface area contributed by atoms with Crippen LogP contribution in [0.1, 0.15) is 44.1 Å². The maximum Gasteiger partial charge on any atom is 0.339 e. The maximum absolute atomic E-state index is 14.2. The van der Waals surface area contributed by atoms with Gasteiger partial charge in [-0.05, 0) is 44.8 Å². The average molecular weight is 521 g/mol. The molecule has 6 aromatic rings. The topological polar surface area (TPSA) is 52.6 Å². The number of cyclic esters (lactones) is 2. The van der Waals surface area contributed by atoms with Crippen molar-refractivity contribution >= 4 is 33.5 Å². The predicted octanol–water partition coefficient (Wildman–Crippen LogP) is 8.47. The smallest absolute Gasteiger partial charge is 0.339 e. The summed E-state index contributed by atoms with van der Waals surface area (Å²) in [6, 6.07) is 42.1. The molecule has 0 amide bonds. The number of benzene rings is 6. The molecule has 0 radical (unpaired) electrons. The third kappa shape index (κ3) is 4.02. The van der Waals surface area contributed by atoms with Crippen molar-refractivity contribution in [3.8, 4) is 11.1 Å². The summed E-state index contributed by atoms with van der Waals surface area (Å²) in [5.41, 5.74) is 3.60. The quantitative estimate of drug-likeness (QED) is 0.215. The molecule has 0 bridgehead atoms. The minimum atomic E-state index is -0.860. The highest BCUT2D eigenvalue weighted by Crippen LogP contribution is 2.44. The molecule has 40 heavy (non-hydrogen) atoms. The lowest BCUT2D eigenvalue weighted by atomic mass is 9.86. The van der Waals surface area contributed by atoms with Crippen molar-refractivity contribution in [2.75, 3.05) is 0 Å². The molecule has 0 saturated carbocycles. The molecule has 2 atom stereocenters. The first-order valence-corrected chi connectivity index (χ1v) is 13.2. The van der Waals surface area contributed by atoms with Crippen LogP contribution in [0.4, 0.5) is 0 Å². The van der Waals surface area contributed by atoms with Gasteiger partial charge in [0.2, 0.25) is 0 Å². The highest BCUT2D eigenvalue weighted by Gasteiger charge is 2.36. The summed E-state index contributed by atoms with van der Waals surface area (Å²) in [6.07, 6.45) is -1.72. The predicted molar refractivity (Wildman–Crippen MR) is 156 cm³/mol. The lowest BCUT2D eigenvalue weighted by molar-refractivity contribution is -0.0389. The number of carbonyl (C=O) groups is 2. The van der Waals surface area contributed by atoms with Gasteiger partial charge in [0, 0.05) is 11.1 Å². The first-order chi connectivity index (χ1) is 19.7. The van der Waals surface area contributed by atoms with E-state index in [0.29, 0.717) is 22.3 Å². The normalized spacial score (nSPS) is 17.0. The largest absolute Gasteiger partial charge is 0.449 e. The number of esters is 2. The Morgan fingerprint density at radius 3 is 1.20 bits per heavy atom. The molecular weight excluding hydrogens is 496 g/mol. The van der Waals surface area contributed by atoms with Crippen molar-refractivity contribution in [1.82, 2.24) is 0 Å². The first kappa shape index (κ1) is 23.9. The van der Waals surface area contributed by atoms with Crippen LogP contribution in [-0.2, 0) is 9.47 Å². The molecule has 0 aliphatic carbocycles. The highest BCUT2D eigenvalue weighted by molar-refractivity contribution is 6.17. The lowest BCUT2D eigenvalue weighted by Gasteiger charge is -2.30. The molecule has 0 fully saturated rings. The Balaban J connectivity index is 1.55. The Kier molecular flexibility index (Phi) is 5.86. The van der Waals surface area contributed by atoms with Crippen molar-refractivity contribution in [2.45, 2.75) is 12.2 Å². The molecule has 0 unspecified atom stereocenters. The van der Waals surface area contributed by atoms with Gasteiger partial charge in [-0.3, -0.25) is 0 Å². The minimum absolute atomic E-state index is 0.402. The molecule has 0 aromatic heterocycles. The molecule has 192 valence electrons.